The molecule has 5 aromatic rings. The Bertz CT molecular complexity index is 1750. The van der Waals surface area contributed by atoms with E-state index in [4.69, 9.17) is 11.6 Å². The van der Waals surface area contributed by atoms with E-state index in [0.29, 0.717) is 16.9 Å². The highest BCUT2D eigenvalue weighted by Gasteiger charge is 2.41. The summed E-state index contributed by atoms with van der Waals surface area (Å²) in [5, 5.41) is 24.5. The summed E-state index contributed by atoms with van der Waals surface area (Å²) >= 11 is 6.60. The highest BCUT2D eigenvalue weighted by atomic mass is 35.5. The molecule has 0 aliphatic rings. The fourth-order valence-electron chi connectivity index (χ4n) is 4.55. The zero-order chi connectivity index (χ0) is 30.0. The molecule has 42 heavy (non-hydrogen) atoms. The summed E-state index contributed by atoms with van der Waals surface area (Å²) in [5.41, 5.74) is 1.62. The van der Waals surface area contributed by atoms with Crippen molar-refractivity contribution >= 4 is 33.9 Å². The van der Waals surface area contributed by atoms with Gasteiger partial charge in [0.2, 0.25) is 0 Å². The molecule has 12 heteroatoms. The SMILES string of the molecule is CC(C)n1cc(C(Nc2cc(Cl)c3ncc(C#N)c(NC(c4ccccc4)C(F)(F)F)c3c2)c2ccc(F)cc2)nn1. The van der Waals surface area contributed by atoms with E-state index < -0.39 is 24.1 Å². The van der Waals surface area contributed by atoms with Gasteiger partial charge in [0.25, 0.3) is 0 Å². The number of pyridine rings is 1. The summed E-state index contributed by atoms with van der Waals surface area (Å²) in [5.74, 6) is -0.416. The highest BCUT2D eigenvalue weighted by molar-refractivity contribution is 6.35. The van der Waals surface area contributed by atoms with E-state index in [0.717, 1.165) is 0 Å². The van der Waals surface area contributed by atoms with Gasteiger partial charge in [0, 0.05) is 23.3 Å². The smallest absolute Gasteiger partial charge is 0.373 e. The molecule has 5 rings (SSSR count). The maximum Gasteiger partial charge on any atom is 0.412 e. The standard InChI is InChI=1S/C30H24ClF4N7/c1-17(2)42-16-25(40-41-42)27(18-8-10-21(32)11-9-18)38-22-12-23-26(20(14-36)15-37-28(23)24(31)13-22)39-29(30(33,34)35)19-6-4-3-5-7-19/h3-13,15-17,27,29,38H,1-2H3,(H,37,39). The van der Waals surface area contributed by atoms with Gasteiger partial charge in [-0.3, -0.25) is 4.98 Å². The zero-order valence-corrected chi connectivity index (χ0v) is 23.1. The largest absolute Gasteiger partial charge is 0.412 e. The van der Waals surface area contributed by atoms with Gasteiger partial charge in [0.15, 0.2) is 0 Å². The molecule has 214 valence electrons. The molecule has 3 aromatic carbocycles. The van der Waals surface area contributed by atoms with Crippen LogP contribution in [0, 0.1) is 17.1 Å². The number of nitriles is 1. The van der Waals surface area contributed by atoms with Gasteiger partial charge in [0.1, 0.15) is 23.6 Å². The Morgan fingerprint density at radius 1 is 0.976 bits per heavy atom. The van der Waals surface area contributed by atoms with Gasteiger partial charge < -0.3 is 10.6 Å². The van der Waals surface area contributed by atoms with Crippen molar-refractivity contribution in [3.8, 4) is 6.07 Å². The monoisotopic (exact) mass is 593 g/mol. The third kappa shape index (κ3) is 5.99. The molecule has 2 heterocycles. The molecule has 0 spiro atoms. The first-order chi connectivity index (χ1) is 20.0. The lowest BCUT2D eigenvalue weighted by Gasteiger charge is -2.25. The van der Waals surface area contributed by atoms with Gasteiger partial charge in [-0.1, -0.05) is 59.3 Å². The van der Waals surface area contributed by atoms with E-state index in [2.05, 4.69) is 25.9 Å². The molecule has 0 saturated carbocycles. The number of nitrogens with zero attached hydrogens (tertiary/aromatic N) is 5. The second-order valence-electron chi connectivity index (χ2n) is 9.89. The van der Waals surface area contributed by atoms with Crippen LogP contribution in [0.4, 0.5) is 28.9 Å². The average molecular weight is 594 g/mol. The Morgan fingerprint density at radius 3 is 2.31 bits per heavy atom. The molecule has 0 amide bonds. The van der Waals surface area contributed by atoms with Crippen LogP contribution in [-0.4, -0.2) is 26.2 Å². The van der Waals surface area contributed by atoms with Gasteiger partial charge >= 0.3 is 6.18 Å². The fraction of sp³-hybridized carbons (Fsp3) is 0.200. The Labute approximate surface area is 243 Å². The molecule has 2 unspecified atom stereocenters. The molecule has 0 saturated heterocycles. The van der Waals surface area contributed by atoms with E-state index in [-0.39, 0.29) is 38.8 Å². The number of alkyl halides is 3. The quantitative estimate of drug-likeness (QED) is 0.177. The van der Waals surface area contributed by atoms with Crippen molar-refractivity contribution in [3.63, 3.8) is 0 Å². The van der Waals surface area contributed by atoms with E-state index >= 15 is 0 Å². The van der Waals surface area contributed by atoms with Crippen LogP contribution in [0.3, 0.4) is 0 Å². The molecule has 7 nitrogen and oxygen atoms in total. The summed E-state index contributed by atoms with van der Waals surface area (Å²) in [6.45, 7) is 3.89. The summed E-state index contributed by atoms with van der Waals surface area (Å²) in [4.78, 5) is 4.25. The van der Waals surface area contributed by atoms with Crippen LogP contribution in [0.15, 0.2) is 79.1 Å². The first kappa shape index (κ1) is 28.8. The maximum atomic E-state index is 14.3. The number of benzene rings is 3. The lowest BCUT2D eigenvalue weighted by atomic mass is 10.0. The number of halogens is 5. The average Bonchev–Trinajstić information content (AvgIpc) is 3.45. The van der Waals surface area contributed by atoms with Crippen molar-refractivity contribution < 1.29 is 17.6 Å². The molecule has 2 atom stereocenters. The number of fused-ring (bicyclic) bond motifs is 1. The summed E-state index contributed by atoms with van der Waals surface area (Å²) in [7, 11) is 0. The molecular formula is C30H24ClF4N7. The molecule has 0 aliphatic heterocycles. The van der Waals surface area contributed by atoms with Gasteiger partial charge in [-0.05, 0) is 49.2 Å². The second-order valence-corrected chi connectivity index (χ2v) is 10.3. The number of rotatable bonds is 8. The predicted molar refractivity (Wildman–Crippen MR) is 153 cm³/mol. The first-order valence-electron chi connectivity index (χ1n) is 12.9. The topological polar surface area (TPSA) is 91.5 Å². The first-order valence-corrected chi connectivity index (χ1v) is 13.3. The molecular weight excluding hydrogens is 570 g/mol. The molecule has 2 aromatic heterocycles. The van der Waals surface area contributed by atoms with Crippen molar-refractivity contribution in [1.29, 1.82) is 5.26 Å². The normalized spacial score (nSPS) is 13.1. The van der Waals surface area contributed by atoms with Crippen LogP contribution in [0.1, 0.15) is 54.4 Å². The minimum absolute atomic E-state index is 0.0242. The third-order valence-corrected chi connectivity index (χ3v) is 6.95. The Morgan fingerprint density at radius 2 is 1.69 bits per heavy atom. The maximum absolute atomic E-state index is 14.3. The van der Waals surface area contributed by atoms with Crippen molar-refractivity contribution in [1.82, 2.24) is 20.0 Å². The van der Waals surface area contributed by atoms with Crippen LogP contribution >= 0.6 is 11.6 Å². The Kier molecular flexibility index (Phi) is 8.00. The van der Waals surface area contributed by atoms with Crippen LogP contribution in [-0.2, 0) is 0 Å². The van der Waals surface area contributed by atoms with Crippen LogP contribution in [0.2, 0.25) is 5.02 Å². The van der Waals surface area contributed by atoms with Crippen LogP contribution in [0.25, 0.3) is 10.9 Å². The van der Waals surface area contributed by atoms with Crippen molar-refractivity contribution in [2.75, 3.05) is 10.6 Å². The highest BCUT2D eigenvalue weighted by Crippen LogP contribution is 2.40. The fourth-order valence-corrected chi connectivity index (χ4v) is 4.82. The number of hydrogen-bond acceptors (Lipinski definition) is 6. The van der Waals surface area contributed by atoms with E-state index in [1.165, 1.54) is 42.6 Å². The molecule has 0 bridgehead atoms. The Hall–Kier alpha value is -4.69. The number of aromatic nitrogens is 4. The number of nitrogens with one attached hydrogen (secondary N) is 2. The van der Waals surface area contributed by atoms with Gasteiger partial charge in [-0.25, -0.2) is 9.07 Å². The third-order valence-electron chi connectivity index (χ3n) is 6.66. The van der Waals surface area contributed by atoms with E-state index in [9.17, 15) is 22.8 Å². The van der Waals surface area contributed by atoms with Gasteiger partial charge in [0.05, 0.1) is 34.0 Å². The molecule has 0 fully saturated rings. The lowest BCUT2D eigenvalue weighted by Crippen LogP contribution is -2.28. The predicted octanol–water partition coefficient (Wildman–Crippen LogP) is 7.99. The molecule has 0 radical (unpaired) electrons. The van der Waals surface area contributed by atoms with Crippen LogP contribution in [0.5, 0.6) is 0 Å². The van der Waals surface area contributed by atoms with Crippen LogP contribution < -0.4 is 10.6 Å². The molecule has 2 N–H and O–H groups in total. The van der Waals surface area contributed by atoms with Crippen molar-refractivity contribution in [2.24, 2.45) is 0 Å². The minimum Gasteiger partial charge on any atom is -0.373 e. The zero-order valence-electron chi connectivity index (χ0n) is 22.4. The van der Waals surface area contributed by atoms with Crippen molar-refractivity contribution in [3.05, 3.63) is 112 Å². The molecule has 0 aliphatic carbocycles. The minimum atomic E-state index is -4.68. The summed E-state index contributed by atoms with van der Waals surface area (Å²) in [6.07, 6.45) is -1.74. The van der Waals surface area contributed by atoms with Gasteiger partial charge in [-0.2, -0.15) is 18.4 Å². The van der Waals surface area contributed by atoms with Gasteiger partial charge in [-0.15, -0.1) is 5.10 Å². The summed E-state index contributed by atoms with van der Waals surface area (Å²) < 4.78 is 58.3. The van der Waals surface area contributed by atoms with Crippen molar-refractivity contribution in [2.45, 2.75) is 38.1 Å². The van der Waals surface area contributed by atoms with E-state index in [1.807, 2.05) is 19.9 Å². The lowest BCUT2D eigenvalue weighted by molar-refractivity contribution is -0.143. The summed E-state index contributed by atoms with van der Waals surface area (Å²) in [6, 6.07) is 15.6. The Balaban J connectivity index is 1.63. The van der Waals surface area contributed by atoms with E-state index in [1.54, 1.807) is 41.2 Å². The number of anilines is 2. The number of hydrogen-bond donors (Lipinski definition) is 2. The second kappa shape index (κ2) is 11.7.